The standard InChI is InChI=1S/C26H24Si.C12H10Cl2Si.C7H7Br.C7H7.2Li.H/c1-21-13-9-11-19-25(21)27(23-15-5-3-6-16-23,24-17-7-4-8-18-24)26-20-12-10-14-22(26)2;13-15(14,11-7-3-1-4-8-11)12-9-5-2-6-10-12;1-6-4-2-3-5-7(6)8;1-7-5-3-2-4-6-7;;;/h3-20H,1-2H3;1-10H;2-5H,1H3;2-5H,1H3;;;/q;;;-1;2*+1;-1. The van der Waals surface area contributed by atoms with Gasteiger partial charge >= 0.3 is 44.4 Å². The van der Waals surface area contributed by atoms with Crippen LogP contribution >= 0.6 is 38.1 Å². The molecule has 0 spiro atoms. The van der Waals surface area contributed by atoms with Gasteiger partial charge in [0.15, 0.2) is 8.07 Å². The molecule has 0 aromatic heterocycles. The first-order valence-electron chi connectivity index (χ1n) is 19.0. The molecule has 0 nitrogen and oxygen atoms in total. The van der Waals surface area contributed by atoms with Crippen LogP contribution in [0.3, 0.4) is 0 Å². The number of rotatable bonds is 6. The van der Waals surface area contributed by atoms with Crippen molar-refractivity contribution in [2.75, 3.05) is 0 Å². The Hall–Kier alpha value is -3.55. The number of hydrogen-bond donors (Lipinski definition) is 0. The zero-order valence-electron chi connectivity index (χ0n) is 35.9. The largest absolute Gasteiger partial charge is 1.00 e. The van der Waals surface area contributed by atoms with Gasteiger partial charge in [0.2, 0.25) is 0 Å². The summed E-state index contributed by atoms with van der Waals surface area (Å²) in [5.74, 6) is 0. The molecule has 0 radical (unpaired) electrons. The maximum absolute atomic E-state index is 6.49. The van der Waals surface area contributed by atoms with Crippen molar-refractivity contribution >= 4 is 84.0 Å². The summed E-state index contributed by atoms with van der Waals surface area (Å²) in [6, 6.07) is 78.9. The zero-order chi connectivity index (χ0) is 40.5. The predicted molar refractivity (Wildman–Crippen MR) is 259 cm³/mol. The average Bonchev–Trinajstić information content (AvgIpc) is 3.26. The van der Waals surface area contributed by atoms with Gasteiger partial charge in [-0.25, -0.2) is 0 Å². The normalized spacial score (nSPS) is 10.4. The van der Waals surface area contributed by atoms with Crippen molar-refractivity contribution in [3.8, 4) is 0 Å². The molecule has 59 heavy (non-hydrogen) atoms. The quantitative estimate of drug-likeness (QED) is 0.0948. The van der Waals surface area contributed by atoms with Gasteiger partial charge in [-0.2, -0.15) is 35.9 Å². The summed E-state index contributed by atoms with van der Waals surface area (Å²) in [7, 11) is -2.39. The van der Waals surface area contributed by atoms with E-state index in [2.05, 4.69) is 158 Å². The molecule has 0 saturated carbocycles. The molecular formula is C52H49BrCl2Li2Si2. The molecule has 0 N–H and O–H groups in total. The Balaban J connectivity index is 0.000000315. The Bertz CT molecular complexity index is 2240. The minimum atomic E-state index is -2.51. The second-order valence-corrected chi connectivity index (χ2v) is 24.6. The van der Waals surface area contributed by atoms with Crippen LogP contribution in [0.25, 0.3) is 0 Å². The van der Waals surface area contributed by atoms with Crippen molar-refractivity contribution < 1.29 is 39.1 Å². The molecule has 0 fully saturated rings. The minimum absolute atomic E-state index is 0. The molecule has 0 aliphatic carbocycles. The van der Waals surface area contributed by atoms with Crippen molar-refractivity contribution in [2.45, 2.75) is 27.7 Å². The van der Waals surface area contributed by atoms with Gasteiger partial charge in [0.25, 0.3) is 0 Å². The summed E-state index contributed by atoms with van der Waals surface area (Å²) < 4.78 is 1.18. The van der Waals surface area contributed by atoms with Gasteiger partial charge in [0.05, 0.1) is 0 Å². The van der Waals surface area contributed by atoms with Crippen molar-refractivity contribution in [3.05, 3.63) is 251 Å². The van der Waals surface area contributed by atoms with E-state index in [4.69, 9.17) is 22.2 Å². The summed E-state index contributed by atoms with van der Waals surface area (Å²) in [6.07, 6.45) is 0. The monoisotopic (exact) mass is 892 g/mol. The van der Waals surface area contributed by atoms with Crippen LogP contribution in [0.4, 0.5) is 0 Å². The van der Waals surface area contributed by atoms with E-state index in [0.717, 1.165) is 10.4 Å². The number of hydrogen-bond acceptors (Lipinski definition) is 0. The molecule has 8 aromatic rings. The fourth-order valence-corrected chi connectivity index (χ4v) is 15.4. The molecule has 0 saturated heterocycles. The number of benzene rings is 8. The van der Waals surface area contributed by atoms with Crippen LogP contribution in [0.15, 0.2) is 223 Å². The second kappa shape index (κ2) is 25.3. The first-order valence-corrected chi connectivity index (χ1v) is 25.8. The van der Waals surface area contributed by atoms with Gasteiger partial charge in [-0.15, -0.1) is 22.2 Å². The van der Waals surface area contributed by atoms with Gasteiger partial charge < -0.3 is 1.43 Å². The summed E-state index contributed by atoms with van der Waals surface area (Å²) in [6.45, 7) is 6.09. The summed E-state index contributed by atoms with van der Waals surface area (Å²) in [5, 5.41) is 7.85. The Morgan fingerprint density at radius 1 is 0.390 bits per heavy atom. The predicted octanol–water partition coefficient (Wildman–Crippen LogP) is 5.07. The summed E-state index contributed by atoms with van der Waals surface area (Å²) in [4.78, 5) is 0. The summed E-state index contributed by atoms with van der Waals surface area (Å²) >= 11 is 16.4. The first-order chi connectivity index (χ1) is 27.7. The average molecular weight is 895 g/mol. The van der Waals surface area contributed by atoms with Crippen molar-refractivity contribution in [3.63, 3.8) is 0 Å². The Morgan fingerprint density at radius 2 is 0.712 bits per heavy atom. The smallest absolute Gasteiger partial charge is 1.00 e. The van der Waals surface area contributed by atoms with E-state index in [1.54, 1.807) is 0 Å². The van der Waals surface area contributed by atoms with Crippen molar-refractivity contribution in [2.24, 2.45) is 0 Å². The van der Waals surface area contributed by atoms with Gasteiger partial charge in [-0.05, 0) is 63.5 Å². The SMILES string of the molecule is Cc1[c-]cccc1.Cc1ccccc1Br.Cc1ccccc1[Si](c1ccccc1)(c1ccccc1)c1ccccc1C.Cl[Si](Cl)(c1ccccc1)c1ccccc1.[H-].[Li+].[Li+]. The molecule has 288 valence electrons. The maximum atomic E-state index is 6.49. The molecule has 0 amide bonds. The van der Waals surface area contributed by atoms with Crippen LogP contribution in [0, 0.1) is 33.8 Å². The van der Waals surface area contributed by atoms with Crippen molar-refractivity contribution in [1.82, 2.24) is 0 Å². The third-order valence-corrected chi connectivity index (χ3v) is 20.5. The molecule has 0 bridgehead atoms. The van der Waals surface area contributed by atoms with E-state index in [1.165, 1.54) is 47.5 Å². The van der Waals surface area contributed by atoms with E-state index in [9.17, 15) is 0 Å². The molecule has 8 rings (SSSR count). The Kier molecular flexibility index (Phi) is 21.3. The van der Waals surface area contributed by atoms with Crippen LogP contribution < -0.4 is 68.8 Å². The van der Waals surface area contributed by atoms with Gasteiger partial charge in [-0.3, -0.25) is 0 Å². The third kappa shape index (κ3) is 13.5. The van der Waals surface area contributed by atoms with E-state index in [1.807, 2.05) is 110 Å². The summed E-state index contributed by atoms with van der Waals surface area (Å²) in [5.41, 5.74) is 5.20. The molecule has 7 heteroatoms. The van der Waals surface area contributed by atoms with Crippen LogP contribution in [0.1, 0.15) is 23.7 Å². The molecule has 0 heterocycles. The van der Waals surface area contributed by atoms with Crippen molar-refractivity contribution in [1.29, 1.82) is 0 Å². The van der Waals surface area contributed by atoms with E-state index >= 15 is 0 Å². The van der Waals surface area contributed by atoms with E-state index in [-0.39, 0.29) is 39.1 Å². The number of halogens is 3. The van der Waals surface area contributed by atoms with Crippen LogP contribution in [0.5, 0.6) is 0 Å². The molecule has 0 atom stereocenters. The topological polar surface area (TPSA) is 0 Å². The van der Waals surface area contributed by atoms with E-state index < -0.39 is 14.8 Å². The van der Waals surface area contributed by atoms with E-state index in [0.29, 0.717) is 0 Å². The molecule has 0 aliphatic heterocycles. The molecule has 0 unspecified atom stereocenters. The minimum Gasteiger partial charge on any atom is -1.00 e. The van der Waals surface area contributed by atoms with Crippen LogP contribution in [0.2, 0.25) is 0 Å². The fraction of sp³-hybridized carbons (Fsp3) is 0.0769. The fourth-order valence-electron chi connectivity index (χ4n) is 6.79. The van der Waals surface area contributed by atoms with Crippen LogP contribution in [-0.2, 0) is 0 Å². The van der Waals surface area contributed by atoms with Gasteiger partial charge in [0, 0.05) is 4.47 Å². The molecular weight excluding hydrogens is 845 g/mol. The maximum Gasteiger partial charge on any atom is 1.00 e. The Morgan fingerprint density at radius 3 is 1.00 bits per heavy atom. The third-order valence-electron chi connectivity index (χ3n) is 9.73. The Labute approximate surface area is 398 Å². The molecule has 0 aliphatic rings. The number of aryl methyl sites for hydroxylation is 4. The van der Waals surface area contributed by atoms with Crippen LogP contribution in [-0.4, -0.2) is 14.8 Å². The zero-order valence-corrected chi connectivity index (χ0v) is 40.0. The van der Waals surface area contributed by atoms with Gasteiger partial charge in [-0.1, -0.05) is 222 Å². The van der Waals surface area contributed by atoms with Gasteiger partial charge in [0.1, 0.15) is 0 Å². The second-order valence-electron chi connectivity index (χ2n) is 13.7. The first kappa shape index (κ1) is 49.8. The molecule has 8 aromatic carbocycles.